The molecule has 0 spiro atoms. The highest BCUT2D eigenvalue weighted by Gasteiger charge is 2.20. The smallest absolute Gasteiger partial charge is 0.277 e. The summed E-state index contributed by atoms with van der Waals surface area (Å²) < 4.78 is 17.9. The molecule has 0 heterocycles. The molecule has 4 aromatic rings. The van der Waals surface area contributed by atoms with Crippen LogP contribution < -0.4 is 19.6 Å². The monoisotopic (exact) mass is 570 g/mol. The largest absolute Gasteiger partial charge is 0.490 e. The van der Waals surface area contributed by atoms with Crippen molar-refractivity contribution in [1.29, 1.82) is 0 Å². The molecular formula is C34H35ClN2O4. The zero-order valence-electron chi connectivity index (χ0n) is 23.3. The lowest BCUT2D eigenvalue weighted by molar-refractivity contribution is -0.123. The average Bonchev–Trinajstić information content (AvgIpc) is 3.00. The summed E-state index contributed by atoms with van der Waals surface area (Å²) in [5.41, 5.74) is 5.50. The van der Waals surface area contributed by atoms with Crippen LogP contribution >= 0.6 is 11.6 Å². The maximum Gasteiger partial charge on any atom is 0.277 e. The lowest BCUT2D eigenvalue weighted by Gasteiger charge is -2.24. The molecule has 1 saturated carbocycles. The van der Waals surface area contributed by atoms with E-state index in [1.165, 1.54) is 24.6 Å². The number of hydrazone groups is 1. The van der Waals surface area contributed by atoms with Gasteiger partial charge in [-0.05, 0) is 89.5 Å². The number of benzene rings is 4. The van der Waals surface area contributed by atoms with E-state index >= 15 is 0 Å². The van der Waals surface area contributed by atoms with Gasteiger partial charge in [-0.25, -0.2) is 5.43 Å². The number of amides is 1. The molecule has 212 valence electrons. The molecule has 0 aliphatic heterocycles. The fourth-order valence-electron chi connectivity index (χ4n) is 5.30. The highest BCUT2D eigenvalue weighted by atomic mass is 35.5. The summed E-state index contributed by atoms with van der Waals surface area (Å²) in [5, 5.41) is 7.14. The summed E-state index contributed by atoms with van der Waals surface area (Å²) >= 11 is 6.26. The van der Waals surface area contributed by atoms with E-state index in [0.29, 0.717) is 41.4 Å². The highest BCUT2D eigenvalue weighted by Crippen LogP contribution is 2.38. The quantitative estimate of drug-likeness (QED) is 0.146. The van der Waals surface area contributed by atoms with E-state index in [1.54, 1.807) is 12.3 Å². The molecule has 6 nitrogen and oxygen atoms in total. The van der Waals surface area contributed by atoms with Gasteiger partial charge in [-0.1, -0.05) is 73.3 Å². The fourth-order valence-corrected chi connectivity index (χ4v) is 5.48. The first-order valence-electron chi connectivity index (χ1n) is 14.2. The minimum atomic E-state index is -0.342. The van der Waals surface area contributed by atoms with Gasteiger partial charge in [-0.2, -0.15) is 5.10 Å². The average molecular weight is 571 g/mol. The van der Waals surface area contributed by atoms with Crippen LogP contribution in [0.15, 0.2) is 84.0 Å². The van der Waals surface area contributed by atoms with E-state index < -0.39 is 0 Å². The number of ether oxygens (including phenoxy) is 3. The minimum absolute atomic E-state index is 0.135. The molecule has 5 rings (SSSR count). The Kier molecular flexibility index (Phi) is 9.76. The molecule has 0 radical (unpaired) electrons. The number of hydrogen-bond acceptors (Lipinski definition) is 5. The minimum Gasteiger partial charge on any atom is -0.490 e. The number of nitrogens with zero attached hydrogens (tertiary/aromatic N) is 1. The van der Waals surface area contributed by atoms with Gasteiger partial charge in [0.25, 0.3) is 5.91 Å². The lowest BCUT2D eigenvalue weighted by Crippen LogP contribution is -2.25. The number of carbonyl (C=O) groups excluding carboxylic acids is 1. The van der Waals surface area contributed by atoms with Gasteiger partial charge in [0.2, 0.25) is 0 Å². The van der Waals surface area contributed by atoms with E-state index in [4.69, 9.17) is 25.8 Å². The Labute approximate surface area is 246 Å². The Morgan fingerprint density at radius 1 is 0.902 bits per heavy atom. The van der Waals surface area contributed by atoms with E-state index in [0.717, 1.165) is 34.9 Å². The maximum absolute atomic E-state index is 12.5. The third-order valence-corrected chi connectivity index (χ3v) is 7.54. The zero-order chi connectivity index (χ0) is 28.4. The van der Waals surface area contributed by atoms with Crippen LogP contribution in [0.2, 0.25) is 5.02 Å². The molecule has 1 fully saturated rings. The van der Waals surface area contributed by atoms with Crippen molar-refractivity contribution in [3.63, 3.8) is 0 Å². The van der Waals surface area contributed by atoms with Gasteiger partial charge >= 0.3 is 0 Å². The first kappa shape index (κ1) is 28.5. The van der Waals surface area contributed by atoms with E-state index in [1.807, 2.05) is 55.5 Å². The SMILES string of the molecule is CCOc1cc(/C=N\NC(=O)COc2ccc(Cl)cc2C2CCCCC2)ccc1OCc1cccc2ccccc12. The van der Waals surface area contributed by atoms with E-state index in [2.05, 4.69) is 34.8 Å². The second kappa shape index (κ2) is 14.0. The van der Waals surface area contributed by atoms with Gasteiger partial charge in [0, 0.05) is 5.02 Å². The Balaban J connectivity index is 1.18. The van der Waals surface area contributed by atoms with Gasteiger partial charge in [0.1, 0.15) is 12.4 Å². The normalized spacial score (nSPS) is 13.8. The fraction of sp³-hybridized carbons (Fsp3) is 0.294. The van der Waals surface area contributed by atoms with Crippen LogP contribution in [0.3, 0.4) is 0 Å². The van der Waals surface area contributed by atoms with Crippen LogP contribution in [-0.4, -0.2) is 25.3 Å². The number of halogens is 1. The number of carbonyl (C=O) groups is 1. The predicted molar refractivity (Wildman–Crippen MR) is 164 cm³/mol. The van der Waals surface area contributed by atoms with E-state index in [9.17, 15) is 4.79 Å². The number of hydrogen-bond donors (Lipinski definition) is 1. The first-order chi connectivity index (χ1) is 20.1. The van der Waals surface area contributed by atoms with Crippen molar-refractivity contribution >= 4 is 34.5 Å². The summed E-state index contributed by atoms with van der Waals surface area (Å²) in [5.74, 6) is 2.04. The van der Waals surface area contributed by atoms with Crippen molar-refractivity contribution in [2.24, 2.45) is 5.10 Å². The standard InChI is InChI=1S/C34H35ClN2O4/c1-2-39-33-19-24(15-17-32(33)40-22-27-13-8-12-25-11-6-7-14-29(25)27)21-36-37-34(38)23-41-31-18-16-28(35)20-30(31)26-9-4-3-5-10-26/h6-8,11-21,26H,2-5,9-10,22-23H2,1H3,(H,37,38)/b36-21-. The van der Waals surface area contributed by atoms with Crippen molar-refractivity contribution in [2.45, 2.75) is 51.6 Å². The molecule has 4 aromatic carbocycles. The van der Waals surface area contributed by atoms with Crippen molar-refractivity contribution in [3.05, 3.63) is 101 Å². The number of fused-ring (bicyclic) bond motifs is 1. The Hall–Kier alpha value is -4.03. The molecule has 1 amide bonds. The topological polar surface area (TPSA) is 69.2 Å². The zero-order valence-corrected chi connectivity index (χ0v) is 24.0. The highest BCUT2D eigenvalue weighted by molar-refractivity contribution is 6.30. The second-order valence-electron chi connectivity index (χ2n) is 10.2. The molecule has 41 heavy (non-hydrogen) atoms. The first-order valence-corrected chi connectivity index (χ1v) is 14.6. The summed E-state index contributed by atoms with van der Waals surface area (Å²) in [7, 11) is 0. The van der Waals surface area contributed by atoms with Crippen LogP contribution in [0.4, 0.5) is 0 Å². The van der Waals surface area contributed by atoms with Crippen molar-refractivity contribution in [2.75, 3.05) is 13.2 Å². The molecule has 1 aliphatic carbocycles. The summed E-state index contributed by atoms with van der Waals surface area (Å²) in [6.45, 7) is 2.70. The van der Waals surface area contributed by atoms with Crippen LogP contribution in [0.1, 0.15) is 61.6 Å². The Morgan fingerprint density at radius 2 is 1.71 bits per heavy atom. The van der Waals surface area contributed by atoms with Gasteiger partial charge < -0.3 is 14.2 Å². The summed E-state index contributed by atoms with van der Waals surface area (Å²) in [6, 6.07) is 25.6. The molecule has 0 atom stereocenters. The van der Waals surface area contributed by atoms with Crippen LogP contribution in [0.25, 0.3) is 10.8 Å². The number of nitrogens with one attached hydrogen (secondary N) is 1. The Morgan fingerprint density at radius 3 is 2.56 bits per heavy atom. The van der Waals surface area contributed by atoms with Crippen molar-refractivity contribution in [3.8, 4) is 17.2 Å². The maximum atomic E-state index is 12.5. The van der Waals surface area contributed by atoms with Crippen LogP contribution in [-0.2, 0) is 11.4 Å². The number of rotatable bonds is 11. The van der Waals surface area contributed by atoms with Crippen LogP contribution in [0.5, 0.6) is 17.2 Å². The van der Waals surface area contributed by atoms with Gasteiger partial charge in [0.05, 0.1) is 12.8 Å². The molecule has 0 unspecified atom stereocenters. The van der Waals surface area contributed by atoms with Crippen molar-refractivity contribution in [1.82, 2.24) is 5.43 Å². The van der Waals surface area contributed by atoms with Gasteiger partial charge in [-0.15, -0.1) is 0 Å². The molecule has 0 aromatic heterocycles. The lowest BCUT2D eigenvalue weighted by atomic mass is 9.84. The molecule has 7 heteroatoms. The van der Waals surface area contributed by atoms with Gasteiger partial charge in [-0.3, -0.25) is 4.79 Å². The second-order valence-corrected chi connectivity index (χ2v) is 10.6. The van der Waals surface area contributed by atoms with Gasteiger partial charge in [0.15, 0.2) is 18.1 Å². The Bertz CT molecular complexity index is 1510. The third kappa shape index (κ3) is 7.59. The third-order valence-electron chi connectivity index (χ3n) is 7.31. The molecule has 0 saturated heterocycles. The predicted octanol–water partition coefficient (Wildman–Crippen LogP) is 8.05. The van der Waals surface area contributed by atoms with E-state index in [-0.39, 0.29) is 12.5 Å². The molecule has 1 N–H and O–H groups in total. The molecule has 1 aliphatic rings. The summed E-state index contributed by atoms with van der Waals surface area (Å²) in [6.07, 6.45) is 7.47. The summed E-state index contributed by atoms with van der Waals surface area (Å²) in [4.78, 5) is 12.5. The van der Waals surface area contributed by atoms with Crippen molar-refractivity contribution < 1.29 is 19.0 Å². The molecule has 0 bridgehead atoms. The van der Waals surface area contributed by atoms with Crippen LogP contribution in [0, 0.1) is 0 Å². The molecular weight excluding hydrogens is 536 g/mol.